The maximum absolute atomic E-state index is 14.0. The number of rotatable bonds is 6. The topological polar surface area (TPSA) is 38.8 Å². The Balaban J connectivity index is 1.49. The predicted octanol–water partition coefficient (Wildman–Crippen LogP) is 4.81. The number of halogens is 2. The third-order valence-electron chi connectivity index (χ3n) is 5.85. The van der Waals surface area contributed by atoms with E-state index in [1.54, 1.807) is 12.0 Å². The minimum atomic E-state index is -0.627. The van der Waals surface area contributed by atoms with E-state index in [4.69, 9.17) is 9.47 Å². The smallest absolute Gasteiger partial charge is 0.223 e. The summed E-state index contributed by atoms with van der Waals surface area (Å²) >= 11 is 0. The van der Waals surface area contributed by atoms with E-state index >= 15 is 0 Å². The van der Waals surface area contributed by atoms with Crippen LogP contribution < -0.4 is 9.47 Å². The van der Waals surface area contributed by atoms with E-state index < -0.39 is 11.6 Å². The lowest BCUT2D eigenvalue weighted by molar-refractivity contribution is -0.128. The molecule has 4 rings (SSSR count). The lowest BCUT2D eigenvalue weighted by Gasteiger charge is -2.19. The van der Waals surface area contributed by atoms with E-state index in [-0.39, 0.29) is 24.5 Å². The minimum Gasteiger partial charge on any atom is -0.493 e. The third kappa shape index (κ3) is 4.36. The zero-order chi connectivity index (χ0) is 20.4. The first-order valence-electron chi connectivity index (χ1n) is 10.1. The molecule has 1 saturated heterocycles. The Labute approximate surface area is 169 Å². The van der Waals surface area contributed by atoms with Gasteiger partial charge in [-0.25, -0.2) is 8.78 Å². The number of carbonyl (C=O) groups is 1. The Morgan fingerprint density at radius 2 is 1.86 bits per heavy atom. The van der Waals surface area contributed by atoms with E-state index in [9.17, 15) is 13.6 Å². The van der Waals surface area contributed by atoms with Gasteiger partial charge in [-0.2, -0.15) is 0 Å². The Hall–Kier alpha value is -2.63. The second-order valence-electron chi connectivity index (χ2n) is 7.85. The van der Waals surface area contributed by atoms with E-state index in [1.165, 1.54) is 25.0 Å². The van der Waals surface area contributed by atoms with Crippen LogP contribution in [0.1, 0.15) is 49.1 Å². The second-order valence-corrected chi connectivity index (χ2v) is 7.85. The number of carbonyl (C=O) groups excluding carboxylic acids is 1. The molecule has 2 aliphatic rings. The number of ether oxygens (including phenoxy) is 2. The highest BCUT2D eigenvalue weighted by Crippen LogP contribution is 2.37. The number of hydrogen-bond acceptors (Lipinski definition) is 3. The third-order valence-corrected chi connectivity index (χ3v) is 5.85. The molecule has 0 bridgehead atoms. The summed E-state index contributed by atoms with van der Waals surface area (Å²) in [5.74, 6) is 0.126. The molecule has 1 heterocycles. The largest absolute Gasteiger partial charge is 0.493 e. The normalized spacial score (nSPS) is 19.8. The average molecular weight is 401 g/mol. The number of hydrogen-bond donors (Lipinski definition) is 0. The summed E-state index contributed by atoms with van der Waals surface area (Å²) in [5.41, 5.74) is 1.33. The summed E-state index contributed by atoms with van der Waals surface area (Å²) in [6.45, 7) is 0.633. The van der Waals surface area contributed by atoms with Crippen molar-refractivity contribution in [3.8, 4) is 11.5 Å². The predicted molar refractivity (Wildman–Crippen MR) is 105 cm³/mol. The maximum Gasteiger partial charge on any atom is 0.223 e. The first-order chi connectivity index (χ1) is 14.0. The van der Waals surface area contributed by atoms with Crippen molar-refractivity contribution in [3.05, 3.63) is 59.2 Å². The Morgan fingerprint density at radius 3 is 2.59 bits per heavy atom. The maximum atomic E-state index is 14.0. The molecule has 0 radical (unpaired) electrons. The van der Waals surface area contributed by atoms with Gasteiger partial charge in [-0.05, 0) is 49.4 Å². The molecule has 1 atom stereocenters. The lowest BCUT2D eigenvalue weighted by Crippen LogP contribution is -2.25. The molecule has 1 saturated carbocycles. The Bertz CT molecular complexity index is 896. The van der Waals surface area contributed by atoms with Gasteiger partial charge in [-0.15, -0.1) is 0 Å². The van der Waals surface area contributed by atoms with Crippen LogP contribution in [0.4, 0.5) is 8.78 Å². The van der Waals surface area contributed by atoms with Crippen LogP contribution in [-0.2, 0) is 11.3 Å². The minimum absolute atomic E-state index is 0.00263. The summed E-state index contributed by atoms with van der Waals surface area (Å²) in [5, 5.41) is 0. The van der Waals surface area contributed by atoms with Crippen LogP contribution in [0.25, 0.3) is 0 Å². The number of methoxy groups -OCH3 is 1. The van der Waals surface area contributed by atoms with Gasteiger partial charge < -0.3 is 14.4 Å². The first-order valence-corrected chi connectivity index (χ1v) is 10.1. The molecule has 2 aromatic carbocycles. The number of likely N-dealkylation sites (tertiary alicyclic amines) is 1. The van der Waals surface area contributed by atoms with Crippen LogP contribution in [0.5, 0.6) is 11.5 Å². The fourth-order valence-corrected chi connectivity index (χ4v) is 4.23. The molecule has 1 aliphatic carbocycles. The molecular formula is C23H25F2NO3. The van der Waals surface area contributed by atoms with Crippen molar-refractivity contribution in [2.75, 3.05) is 13.7 Å². The molecule has 2 fully saturated rings. The highest BCUT2D eigenvalue weighted by Gasteiger charge is 2.32. The van der Waals surface area contributed by atoms with Gasteiger partial charge in [0.05, 0.1) is 13.2 Å². The molecular weight excluding hydrogens is 376 g/mol. The standard InChI is InChI=1S/C23H25F2NO3/c1-28-21-9-7-15(10-22(21)29-19-4-2-3-5-19)17-11-23(27)26(14-17)13-16-6-8-18(24)12-20(16)25/h6-10,12,17,19H,2-5,11,13-14H2,1H3/t17-/m0/s1. The van der Waals surface area contributed by atoms with Crippen LogP contribution >= 0.6 is 0 Å². The Morgan fingerprint density at radius 1 is 1.07 bits per heavy atom. The van der Waals surface area contributed by atoms with Gasteiger partial charge in [-0.3, -0.25) is 4.79 Å². The SMILES string of the molecule is COc1ccc([C@H]2CC(=O)N(Cc3ccc(F)cc3F)C2)cc1OC1CCCC1. The molecule has 29 heavy (non-hydrogen) atoms. The molecule has 1 amide bonds. The van der Waals surface area contributed by atoms with Gasteiger partial charge in [0.25, 0.3) is 0 Å². The van der Waals surface area contributed by atoms with Crippen LogP contribution in [0, 0.1) is 11.6 Å². The van der Waals surface area contributed by atoms with Gasteiger partial charge in [0, 0.05) is 37.1 Å². The highest BCUT2D eigenvalue weighted by atomic mass is 19.1. The summed E-state index contributed by atoms with van der Waals surface area (Å²) in [6.07, 6.45) is 5.02. The highest BCUT2D eigenvalue weighted by molar-refractivity contribution is 5.79. The molecule has 0 spiro atoms. The monoisotopic (exact) mass is 401 g/mol. The van der Waals surface area contributed by atoms with E-state index in [2.05, 4.69) is 0 Å². The van der Waals surface area contributed by atoms with Crippen LogP contribution in [0.2, 0.25) is 0 Å². The van der Waals surface area contributed by atoms with Gasteiger partial charge in [-0.1, -0.05) is 12.1 Å². The zero-order valence-electron chi connectivity index (χ0n) is 16.5. The fourth-order valence-electron chi connectivity index (χ4n) is 4.23. The molecule has 0 unspecified atom stereocenters. The number of nitrogens with zero attached hydrogens (tertiary/aromatic N) is 1. The second kappa shape index (κ2) is 8.39. The molecule has 6 heteroatoms. The van der Waals surface area contributed by atoms with Crippen molar-refractivity contribution in [1.29, 1.82) is 0 Å². The molecule has 154 valence electrons. The van der Waals surface area contributed by atoms with Gasteiger partial charge in [0.15, 0.2) is 11.5 Å². The van der Waals surface area contributed by atoms with Crippen LogP contribution in [0.15, 0.2) is 36.4 Å². The van der Waals surface area contributed by atoms with Gasteiger partial charge >= 0.3 is 0 Å². The molecule has 0 aromatic heterocycles. The fraction of sp³-hybridized carbons (Fsp3) is 0.435. The van der Waals surface area contributed by atoms with Crippen molar-refractivity contribution in [2.24, 2.45) is 0 Å². The summed E-state index contributed by atoms with van der Waals surface area (Å²) in [7, 11) is 1.62. The van der Waals surface area contributed by atoms with E-state index in [1.807, 2.05) is 18.2 Å². The van der Waals surface area contributed by atoms with Crippen molar-refractivity contribution in [2.45, 2.75) is 50.7 Å². The van der Waals surface area contributed by atoms with E-state index in [0.717, 1.165) is 24.5 Å². The lowest BCUT2D eigenvalue weighted by atomic mass is 9.98. The summed E-state index contributed by atoms with van der Waals surface area (Å²) in [4.78, 5) is 14.1. The van der Waals surface area contributed by atoms with Crippen molar-refractivity contribution < 1.29 is 23.0 Å². The van der Waals surface area contributed by atoms with Gasteiger partial charge in [0.1, 0.15) is 11.6 Å². The van der Waals surface area contributed by atoms with E-state index in [0.29, 0.717) is 30.0 Å². The zero-order valence-corrected chi connectivity index (χ0v) is 16.5. The van der Waals surface area contributed by atoms with Crippen molar-refractivity contribution >= 4 is 5.91 Å². The summed E-state index contributed by atoms with van der Waals surface area (Å²) in [6, 6.07) is 9.27. The van der Waals surface area contributed by atoms with Gasteiger partial charge in [0.2, 0.25) is 5.91 Å². The van der Waals surface area contributed by atoms with Crippen LogP contribution in [-0.4, -0.2) is 30.6 Å². The molecule has 1 aliphatic heterocycles. The average Bonchev–Trinajstić information content (AvgIpc) is 3.34. The molecule has 4 nitrogen and oxygen atoms in total. The molecule has 2 aromatic rings. The first kappa shape index (κ1) is 19.7. The van der Waals surface area contributed by atoms with Crippen molar-refractivity contribution in [3.63, 3.8) is 0 Å². The van der Waals surface area contributed by atoms with Crippen molar-refractivity contribution in [1.82, 2.24) is 4.90 Å². The van der Waals surface area contributed by atoms with Crippen LogP contribution in [0.3, 0.4) is 0 Å². The Kier molecular flexibility index (Phi) is 5.69. The summed E-state index contributed by atoms with van der Waals surface area (Å²) < 4.78 is 38.7. The number of amides is 1. The molecule has 0 N–H and O–H groups in total. The number of benzene rings is 2. The quantitative estimate of drug-likeness (QED) is 0.697.